The van der Waals surface area contributed by atoms with Crippen molar-refractivity contribution in [3.8, 4) is 5.75 Å². The molecule has 1 saturated heterocycles. The summed E-state index contributed by atoms with van der Waals surface area (Å²) in [6.07, 6.45) is 0.493. The zero-order valence-electron chi connectivity index (χ0n) is 11.6. The van der Waals surface area contributed by atoms with Crippen LogP contribution < -0.4 is 15.4 Å². The van der Waals surface area contributed by atoms with Crippen LogP contribution in [0, 0.1) is 5.82 Å². The minimum Gasteiger partial charge on any atom is -0.492 e. The molecular formula is C14H20ClFN2O2S. The molecule has 21 heavy (non-hydrogen) atoms. The van der Waals surface area contributed by atoms with Gasteiger partial charge in [-0.25, -0.2) is 4.39 Å². The van der Waals surface area contributed by atoms with Gasteiger partial charge in [-0.2, -0.15) is 11.8 Å². The predicted molar refractivity (Wildman–Crippen MR) is 85.9 cm³/mol. The van der Waals surface area contributed by atoms with E-state index in [4.69, 9.17) is 4.74 Å². The fourth-order valence-electron chi connectivity index (χ4n) is 1.96. The number of hydrogen-bond acceptors (Lipinski definition) is 4. The zero-order valence-corrected chi connectivity index (χ0v) is 13.3. The molecule has 1 aromatic carbocycles. The number of ether oxygens (including phenoxy) is 1. The molecule has 4 nitrogen and oxygen atoms in total. The fraction of sp³-hybridized carbons (Fsp3) is 0.500. The number of halogens is 2. The smallest absolute Gasteiger partial charge is 0.221 e. The van der Waals surface area contributed by atoms with Crippen LogP contribution in [0.25, 0.3) is 0 Å². The number of thioether (sulfide) groups is 1. The molecule has 118 valence electrons. The Hall–Kier alpha value is -0.980. The SMILES string of the molecule is Cl.O=C(CC1CSCCN1)NCCOc1cccc(F)c1. The molecule has 0 saturated carbocycles. The summed E-state index contributed by atoms with van der Waals surface area (Å²) >= 11 is 1.87. The molecule has 1 unspecified atom stereocenters. The molecule has 0 aliphatic carbocycles. The number of carbonyl (C=O) groups is 1. The maximum Gasteiger partial charge on any atom is 0.221 e. The minimum absolute atomic E-state index is 0. The van der Waals surface area contributed by atoms with Gasteiger partial charge >= 0.3 is 0 Å². The molecule has 0 radical (unpaired) electrons. The summed E-state index contributed by atoms with van der Waals surface area (Å²) in [5.41, 5.74) is 0. The monoisotopic (exact) mass is 334 g/mol. The molecule has 0 spiro atoms. The van der Waals surface area contributed by atoms with Gasteiger partial charge in [0.1, 0.15) is 18.2 Å². The van der Waals surface area contributed by atoms with Gasteiger partial charge in [-0.3, -0.25) is 4.79 Å². The van der Waals surface area contributed by atoms with Crippen molar-refractivity contribution >= 4 is 30.1 Å². The van der Waals surface area contributed by atoms with Crippen molar-refractivity contribution in [2.24, 2.45) is 0 Å². The average molecular weight is 335 g/mol. The van der Waals surface area contributed by atoms with Gasteiger partial charge in [-0.15, -0.1) is 12.4 Å². The molecule has 1 aromatic rings. The highest BCUT2D eigenvalue weighted by atomic mass is 35.5. The third-order valence-electron chi connectivity index (χ3n) is 2.92. The van der Waals surface area contributed by atoms with E-state index in [1.807, 2.05) is 11.8 Å². The summed E-state index contributed by atoms with van der Waals surface area (Å²) in [6.45, 7) is 1.72. The van der Waals surface area contributed by atoms with E-state index >= 15 is 0 Å². The van der Waals surface area contributed by atoms with Crippen molar-refractivity contribution in [1.82, 2.24) is 10.6 Å². The van der Waals surface area contributed by atoms with Crippen LogP contribution in [0.15, 0.2) is 24.3 Å². The minimum atomic E-state index is -0.326. The van der Waals surface area contributed by atoms with Crippen LogP contribution in [0.2, 0.25) is 0 Å². The largest absolute Gasteiger partial charge is 0.492 e. The Kier molecular flexibility index (Phi) is 8.49. The number of amides is 1. The first-order valence-electron chi connectivity index (χ1n) is 6.70. The first kappa shape index (κ1) is 18.1. The molecule has 1 fully saturated rings. The number of hydrogen-bond donors (Lipinski definition) is 2. The molecule has 1 amide bonds. The van der Waals surface area contributed by atoms with Gasteiger partial charge in [-0.1, -0.05) is 6.07 Å². The average Bonchev–Trinajstić information content (AvgIpc) is 2.45. The zero-order chi connectivity index (χ0) is 14.2. The lowest BCUT2D eigenvalue weighted by Gasteiger charge is -2.22. The van der Waals surface area contributed by atoms with Crippen molar-refractivity contribution in [3.05, 3.63) is 30.1 Å². The Bertz CT molecular complexity index is 445. The van der Waals surface area contributed by atoms with E-state index in [1.54, 1.807) is 12.1 Å². The Balaban J connectivity index is 0.00000220. The normalized spacial score (nSPS) is 17.7. The fourth-order valence-corrected chi connectivity index (χ4v) is 2.91. The lowest BCUT2D eigenvalue weighted by atomic mass is 10.2. The summed E-state index contributed by atoms with van der Waals surface area (Å²) in [5.74, 6) is 2.26. The highest BCUT2D eigenvalue weighted by Gasteiger charge is 2.16. The maximum absolute atomic E-state index is 12.9. The van der Waals surface area contributed by atoms with Crippen molar-refractivity contribution < 1.29 is 13.9 Å². The Morgan fingerprint density at radius 3 is 3.10 bits per heavy atom. The summed E-state index contributed by atoms with van der Waals surface area (Å²) in [5, 5.41) is 6.13. The van der Waals surface area contributed by atoms with Gasteiger partial charge in [0.15, 0.2) is 0 Å². The number of rotatable bonds is 6. The van der Waals surface area contributed by atoms with E-state index in [-0.39, 0.29) is 30.2 Å². The van der Waals surface area contributed by atoms with Crippen molar-refractivity contribution in [3.63, 3.8) is 0 Å². The Labute approximate surface area is 134 Å². The van der Waals surface area contributed by atoms with Gasteiger partial charge in [-0.05, 0) is 12.1 Å². The van der Waals surface area contributed by atoms with E-state index in [0.29, 0.717) is 25.3 Å². The van der Waals surface area contributed by atoms with Crippen LogP contribution in [0.1, 0.15) is 6.42 Å². The highest BCUT2D eigenvalue weighted by molar-refractivity contribution is 7.99. The van der Waals surface area contributed by atoms with Crippen LogP contribution in [-0.4, -0.2) is 43.2 Å². The van der Waals surface area contributed by atoms with E-state index in [0.717, 1.165) is 18.1 Å². The molecule has 2 rings (SSSR count). The summed E-state index contributed by atoms with van der Waals surface area (Å²) in [6, 6.07) is 6.23. The maximum atomic E-state index is 12.9. The first-order valence-corrected chi connectivity index (χ1v) is 7.86. The van der Waals surface area contributed by atoms with Crippen LogP contribution in [-0.2, 0) is 4.79 Å². The predicted octanol–water partition coefficient (Wildman–Crippen LogP) is 1.84. The number of benzene rings is 1. The second-order valence-corrected chi connectivity index (χ2v) is 5.74. The van der Waals surface area contributed by atoms with Crippen LogP contribution >= 0.6 is 24.2 Å². The van der Waals surface area contributed by atoms with Gasteiger partial charge in [0.05, 0.1) is 6.54 Å². The molecule has 1 atom stereocenters. The van der Waals surface area contributed by atoms with E-state index in [1.165, 1.54) is 12.1 Å². The first-order chi connectivity index (χ1) is 9.74. The molecule has 2 N–H and O–H groups in total. The van der Waals surface area contributed by atoms with E-state index in [2.05, 4.69) is 10.6 Å². The quantitative estimate of drug-likeness (QED) is 0.779. The van der Waals surface area contributed by atoms with Crippen LogP contribution in [0.4, 0.5) is 4.39 Å². The number of nitrogens with one attached hydrogen (secondary N) is 2. The Morgan fingerprint density at radius 1 is 1.52 bits per heavy atom. The van der Waals surface area contributed by atoms with Crippen molar-refractivity contribution in [2.45, 2.75) is 12.5 Å². The Morgan fingerprint density at radius 2 is 2.38 bits per heavy atom. The van der Waals surface area contributed by atoms with Gasteiger partial charge in [0.2, 0.25) is 5.91 Å². The van der Waals surface area contributed by atoms with Crippen LogP contribution in [0.3, 0.4) is 0 Å². The second-order valence-electron chi connectivity index (χ2n) is 4.59. The van der Waals surface area contributed by atoms with Gasteiger partial charge in [0.25, 0.3) is 0 Å². The molecule has 0 bridgehead atoms. The lowest BCUT2D eigenvalue weighted by Crippen LogP contribution is -2.41. The third-order valence-corrected chi connectivity index (χ3v) is 4.05. The molecule has 1 heterocycles. The summed E-state index contributed by atoms with van der Waals surface area (Å²) in [7, 11) is 0. The van der Waals surface area contributed by atoms with E-state index < -0.39 is 0 Å². The summed E-state index contributed by atoms with van der Waals surface area (Å²) in [4.78, 5) is 11.7. The third kappa shape index (κ3) is 7.02. The molecule has 1 aliphatic heterocycles. The number of carbonyl (C=O) groups excluding carboxylic acids is 1. The molecule has 7 heteroatoms. The van der Waals surface area contributed by atoms with E-state index in [9.17, 15) is 9.18 Å². The molecular weight excluding hydrogens is 315 g/mol. The van der Waals surface area contributed by atoms with Gasteiger partial charge in [0, 0.05) is 36.6 Å². The lowest BCUT2D eigenvalue weighted by molar-refractivity contribution is -0.121. The topological polar surface area (TPSA) is 50.4 Å². The van der Waals surface area contributed by atoms with Crippen molar-refractivity contribution in [1.29, 1.82) is 0 Å². The van der Waals surface area contributed by atoms with Crippen LogP contribution in [0.5, 0.6) is 5.75 Å². The highest BCUT2D eigenvalue weighted by Crippen LogP contribution is 2.11. The van der Waals surface area contributed by atoms with Crippen molar-refractivity contribution in [2.75, 3.05) is 31.2 Å². The molecule has 1 aliphatic rings. The molecule has 0 aromatic heterocycles. The second kappa shape index (κ2) is 9.87. The summed E-state index contributed by atoms with van der Waals surface area (Å²) < 4.78 is 18.3. The standard InChI is InChI=1S/C14H19FN2O2S.ClH/c15-11-2-1-3-13(8-11)19-6-4-17-14(18)9-12-10-20-7-5-16-12;/h1-3,8,12,16H,4-7,9-10H2,(H,17,18);1H. The van der Waals surface area contributed by atoms with Gasteiger partial charge < -0.3 is 15.4 Å².